The van der Waals surface area contributed by atoms with Crippen molar-refractivity contribution in [2.24, 2.45) is 5.92 Å². The summed E-state index contributed by atoms with van der Waals surface area (Å²) >= 11 is 6.39. The summed E-state index contributed by atoms with van der Waals surface area (Å²) in [5, 5.41) is 13.6. The Labute approximate surface area is 173 Å². The number of aromatic amines is 1. The summed E-state index contributed by atoms with van der Waals surface area (Å²) in [5.74, 6) is 1.82. The average Bonchev–Trinajstić information content (AvgIpc) is 3.51. The number of fused-ring (bicyclic) bond motifs is 1. The number of ether oxygens (including phenoxy) is 1. The highest BCUT2D eigenvalue weighted by molar-refractivity contribution is 6.32. The van der Waals surface area contributed by atoms with Gasteiger partial charge in [0.25, 0.3) is 5.56 Å². The molecule has 2 heterocycles. The minimum Gasteiger partial charge on any atom is -0.492 e. The highest BCUT2D eigenvalue weighted by Gasteiger charge is 2.22. The van der Waals surface area contributed by atoms with Crippen molar-refractivity contribution in [2.75, 3.05) is 11.9 Å². The van der Waals surface area contributed by atoms with Gasteiger partial charge >= 0.3 is 0 Å². The number of pyridine rings is 2. The number of rotatable bonds is 6. The molecular weight excluding hydrogens is 388 g/mol. The third-order valence-corrected chi connectivity index (χ3v) is 5.43. The van der Waals surface area contributed by atoms with Crippen LogP contribution in [0.5, 0.6) is 5.75 Å². The van der Waals surface area contributed by atoms with Crippen molar-refractivity contribution in [3.63, 3.8) is 0 Å². The van der Waals surface area contributed by atoms with Gasteiger partial charge in [0.1, 0.15) is 17.6 Å². The lowest BCUT2D eigenvalue weighted by molar-refractivity contribution is 0.300. The number of benzene rings is 1. The maximum Gasteiger partial charge on any atom is 0.253 e. The normalized spacial score (nSPS) is 14.4. The van der Waals surface area contributed by atoms with E-state index in [-0.39, 0.29) is 11.6 Å². The Morgan fingerprint density at radius 3 is 2.86 bits per heavy atom. The Morgan fingerprint density at radius 2 is 2.17 bits per heavy atom. The van der Waals surface area contributed by atoms with Gasteiger partial charge in [-0.15, -0.1) is 0 Å². The minimum absolute atomic E-state index is 0.182. The largest absolute Gasteiger partial charge is 0.492 e. The van der Waals surface area contributed by atoms with Crippen LogP contribution < -0.4 is 15.6 Å². The van der Waals surface area contributed by atoms with E-state index >= 15 is 0 Å². The summed E-state index contributed by atoms with van der Waals surface area (Å²) in [7, 11) is 0. The Kier molecular flexibility index (Phi) is 5.16. The maximum atomic E-state index is 12.7. The van der Waals surface area contributed by atoms with Crippen molar-refractivity contribution in [2.45, 2.75) is 32.7 Å². The number of H-pyrrole nitrogens is 1. The predicted molar refractivity (Wildman–Crippen MR) is 114 cm³/mol. The van der Waals surface area contributed by atoms with E-state index in [9.17, 15) is 4.79 Å². The Morgan fingerprint density at radius 1 is 1.38 bits per heavy atom. The van der Waals surface area contributed by atoms with E-state index in [4.69, 9.17) is 21.6 Å². The number of hydrogen-bond acceptors (Lipinski definition) is 5. The molecule has 0 unspecified atom stereocenters. The van der Waals surface area contributed by atoms with Gasteiger partial charge in [-0.25, -0.2) is 4.98 Å². The second-order valence-corrected chi connectivity index (χ2v) is 7.89. The number of aromatic nitrogens is 2. The SMILES string of the molecule is Cc1nc(N[C@@H](C)c2cc3cc(Cl)c(OCC4CC4)cc3[nH]c2=O)ccc1C#N. The van der Waals surface area contributed by atoms with Gasteiger partial charge in [0.15, 0.2) is 0 Å². The smallest absolute Gasteiger partial charge is 0.253 e. The van der Waals surface area contributed by atoms with E-state index in [0.29, 0.717) is 51.5 Å². The first-order valence-corrected chi connectivity index (χ1v) is 9.96. The first-order chi connectivity index (χ1) is 13.9. The molecule has 1 atom stereocenters. The fourth-order valence-electron chi connectivity index (χ4n) is 3.21. The van der Waals surface area contributed by atoms with Crippen molar-refractivity contribution in [3.05, 3.63) is 62.5 Å². The van der Waals surface area contributed by atoms with Crippen LogP contribution in [0, 0.1) is 24.2 Å². The molecular formula is C22H21ClN4O2. The third kappa shape index (κ3) is 4.20. The van der Waals surface area contributed by atoms with E-state index in [1.165, 1.54) is 12.8 Å². The van der Waals surface area contributed by atoms with Crippen molar-refractivity contribution in [3.8, 4) is 11.8 Å². The number of nitrogens with one attached hydrogen (secondary N) is 2. The second kappa shape index (κ2) is 7.76. The summed E-state index contributed by atoms with van der Waals surface area (Å²) in [6.45, 7) is 4.33. The molecule has 1 aromatic carbocycles. The lowest BCUT2D eigenvalue weighted by atomic mass is 10.1. The molecule has 0 bridgehead atoms. The first-order valence-electron chi connectivity index (χ1n) is 9.58. The Hall–Kier alpha value is -3.04. The number of nitrogens with zero attached hydrogens (tertiary/aromatic N) is 2. The van der Waals surface area contributed by atoms with Crippen LogP contribution in [0.3, 0.4) is 0 Å². The lowest BCUT2D eigenvalue weighted by Crippen LogP contribution is -2.20. The molecule has 0 spiro atoms. The number of hydrogen-bond donors (Lipinski definition) is 2. The minimum atomic E-state index is -0.285. The van der Waals surface area contributed by atoms with Gasteiger partial charge in [0.05, 0.1) is 34.4 Å². The average molecular weight is 409 g/mol. The molecule has 2 aromatic heterocycles. The summed E-state index contributed by atoms with van der Waals surface area (Å²) < 4.78 is 5.80. The van der Waals surface area contributed by atoms with Crippen LogP contribution in [-0.2, 0) is 0 Å². The number of anilines is 1. The van der Waals surface area contributed by atoms with Gasteiger partial charge in [0, 0.05) is 17.0 Å². The summed E-state index contributed by atoms with van der Waals surface area (Å²) in [6.07, 6.45) is 2.40. The maximum absolute atomic E-state index is 12.7. The molecule has 2 N–H and O–H groups in total. The number of halogens is 1. The van der Waals surface area contributed by atoms with Crippen LogP contribution in [0.4, 0.5) is 5.82 Å². The Balaban J connectivity index is 1.60. The van der Waals surface area contributed by atoms with Crippen molar-refractivity contribution in [1.29, 1.82) is 5.26 Å². The molecule has 0 radical (unpaired) electrons. The Bertz CT molecular complexity index is 1180. The van der Waals surface area contributed by atoms with Gasteiger partial charge < -0.3 is 15.0 Å². The van der Waals surface area contributed by atoms with Crippen LogP contribution in [0.25, 0.3) is 10.9 Å². The summed E-state index contributed by atoms with van der Waals surface area (Å²) in [4.78, 5) is 20.0. The molecule has 29 heavy (non-hydrogen) atoms. The second-order valence-electron chi connectivity index (χ2n) is 7.49. The van der Waals surface area contributed by atoms with Gasteiger partial charge in [-0.3, -0.25) is 4.79 Å². The fraction of sp³-hybridized carbons (Fsp3) is 0.318. The topological polar surface area (TPSA) is 90.8 Å². The summed E-state index contributed by atoms with van der Waals surface area (Å²) in [5.41, 5.74) is 2.25. The van der Waals surface area contributed by atoms with E-state index in [0.717, 1.165) is 5.39 Å². The number of aryl methyl sites for hydroxylation is 1. The molecule has 7 heteroatoms. The standard InChI is InChI=1S/C22H21ClN4O2/c1-12-15(10-24)5-6-21(25-12)26-13(2)17-7-16-8-18(23)20(29-11-14-3-4-14)9-19(16)27-22(17)28/h5-9,13-14H,3-4,11H2,1-2H3,(H,25,26)(H,27,28)/t13-/m0/s1. The van der Waals surface area contributed by atoms with Crippen LogP contribution in [0.2, 0.25) is 5.02 Å². The molecule has 4 rings (SSSR count). The summed E-state index contributed by atoms with van der Waals surface area (Å²) in [6, 6.07) is 10.7. The molecule has 0 aliphatic heterocycles. The lowest BCUT2D eigenvalue weighted by Gasteiger charge is -2.16. The van der Waals surface area contributed by atoms with Gasteiger partial charge in [-0.1, -0.05) is 11.6 Å². The zero-order valence-corrected chi connectivity index (χ0v) is 17.0. The van der Waals surface area contributed by atoms with Crippen LogP contribution in [0.1, 0.15) is 42.6 Å². The molecule has 1 aliphatic rings. The van der Waals surface area contributed by atoms with E-state index in [1.807, 2.05) is 19.1 Å². The van der Waals surface area contributed by atoms with Crippen molar-refractivity contribution < 1.29 is 4.74 Å². The monoisotopic (exact) mass is 408 g/mol. The molecule has 0 saturated heterocycles. The van der Waals surface area contributed by atoms with Crippen LogP contribution >= 0.6 is 11.6 Å². The molecule has 3 aromatic rings. The van der Waals surface area contributed by atoms with Crippen molar-refractivity contribution >= 4 is 28.3 Å². The predicted octanol–water partition coefficient (Wildman–Crippen LogP) is 4.72. The first kappa shape index (κ1) is 19.3. The number of nitriles is 1. The van der Waals surface area contributed by atoms with E-state index in [2.05, 4.69) is 21.4 Å². The van der Waals surface area contributed by atoms with Crippen LogP contribution in [-0.4, -0.2) is 16.6 Å². The quantitative estimate of drug-likeness (QED) is 0.615. The molecule has 148 valence electrons. The van der Waals surface area contributed by atoms with Gasteiger partial charge in [-0.2, -0.15) is 5.26 Å². The fourth-order valence-corrected chi connectivity index (χ4v) is 3.43. The molecule has 0 amide bonds. The molecule has 1 aliphatic carbocycles. The van der Waals surface area contributed by atoms with Crippen molar-refractivity contribution in [1.82, 2.24) is 9.97 Å². The van der Waals surface area contributed by atoms with Gasteiger partial charge in [-0.05, 0) is 56.9 Å². The van der Waals surface area contributed by atoms with E-state index < -0.39 is 0 Å². The molecule has 1 fully saturated rings. The molecule has 1 saturated carbocycles. The zero-order chi connectivity index (χ0) is 20.5. The molecule has 6 nitrogen and oxygen atoms in total. The third-order valence-electron chi connectivity index (χ3n) is 5.13. The zero-order valence-electron chi connectivity index (χ0n) is 16.3. The highest BCUT2D eigenvalue weighted by atomic mass is 35.5. The highest BCUT2D eigenvalue weighted by Crippen LogP contribution is 2.33. The van der Waals surface area contributed by atoms with E-state index in [1.54, 1.807) is 25.1 Å². The van der Waals surface area contributed by atoms with Gasteiger partial charge in [0.2, 0.25) is 0 Å². The van der Waals surface area contributed by atoms with Crippen LogP contribution in [0.15, 0.2) is 35.1 Å².